The number of fused-ring (bicyclic) bond motifs is 1. The van der Waals surface area contributed by atoms with Crippen LogP contribution in [0.15, 0.2) is 57.9 Å². The zero-order valence-electron chi connectivity index (χ0n) is 11.5. The van der Waals surface area contributed by atoms with Crippen molar-refractivity contribution in [3.8, 4) is 0 Å². The molecule has 20 heavy (non-hydrogen) atoms. The van der Waals surface area contributed by atoms with Gasteiger partial charge in [-0.3, -0.25) is 0 Å². The summed E-state index contributed by atoms with van der Waals surface area (Å²) in [4.78, 5) is 1.45. The van der Waals surface area contributed by atoms with Gasteiger partial charge in [-0.2, -0.15) is 0 Å². The number of thioether (sulfide) groups is 1. The Morgan fingerprint density at radius 2 is 2.10 bits per heavy atom. The zero-order chi connectivity index (χ0) is 13.9. The lowest BCUT2D eigenvalue weighted by Crippen LogP contribution is -2.24. The Labute approximate surface area is 133 Å². The van der Waals surface area contributed by atoms with Crippen LogP contribution in [0, 0.1) is 0 Å². The van der Waals surface area contributed by atoms with Gasteiger partial charge < -0.3 is 5.32 Å². The molecule has 0 aliphatic carbocycles. The van der Waals surface area contributed by atoms with E-state index in [4.69, 9.17) is 0 Å². The van der Waals surface area contributed by atoms with Crippen LogP contribution in [0.1, 0.15) is 30.0 Å². The maximum atomic E-state index is 3.67. The van der Waals surface area contributed by atoms with E-state index in [1.54, 1.807) is 0 Å². The second kappa shape index (κ2) is 6.33. The molecule has 3 rings (SSSR count). The van der Waals surface area contributed by atoms with E-state index in [1.807, 2.05) is 11.8 Å². The molecule has 1 heterocycles. The van der Waals surface area contributed by atoms with E-state index in [1.165, 1.54) is 21.8 Å². The van der Waals surface area contributed by atoms with Crippen molar-refractivity contribution in [1.29, 1.82) is 0 Å². The average molecular weight is 348 g/mol. The molecule has 1 nitrogen and oxygen atoms in total. The molecule has 0 saturated carbocycles. The van der Waals surface area contributed by atoms with Crippen LogP contribution in [0.3, 0.4) is 0 Å². The van der Waals surface area contributed by atoms with Gasteiger partial charge in [-0.05, 0) is 36.2 Å². The third-order valence-electron chi connectivity index (χ3n) is 3.82. The predicted octanol–water partition coefficient (Wildman–Crippen LogP) is 4.99. The van der Waals surface area contributed by atoms with Crippen molar-refractivity contribution < 1.29 is 0 Å². The van der Waals surface area contributed by atoms with E-state index in [0.717, 1.165) is 11.0 Å². The quantitative estimate of drug-likeness (QED) is 0.835. The average Bonchev–Trinajstić information content (AvgIpc) is 2.88. The third kappa shape index (κ3) is 3.11. The third-order valence-corrected chi connectivity index (χ3v) is 5.56. The minimum atomic E-state index is 0.380. The van der Waals surface area contributed by atoms with Crippen LogP contribution >= 0.6 is 27.7 Å². The summed E-state index contributed by atoms with van der Waals surface area (Å²) in [5, 5.41) is 3.67. The van der Waals surface area contributed by atoms with Gasteiger partial charge >= 0.3 is 0 Å². The summed E-state index contributed by atoms with van der Waals surface area (Å²) < 4.78 is 1.14. The molecule has 2 aromatic carbocycles. The Kier molecular flexibility index (Phi) is 4.49. The number of hydrogen-bond donors (Lipinski definition) is 1. The standard InChI is InChI=1S/C17H18BrNS/c1-12(13-5-4-6-15(18)9-13)19-10-14-11-20-17-8-3-2-7-16(14)17/h2-9,12,14,19H,10-11H2,1H3. The van der Waals surface area contributed by atoms with Crippen LogP contribution in [0.4, 0.5) is 0 Å². The van der Waals surface area contributed by atoms with Crippen LogP contribution in [0.5, 0.6) is 0 Å². The molecule has 0 spiro atoms. The normalized spacial score (nSPS) is 18.8. The van der Waals surface area contributed by atoms with Crippen molar-refractivity contribution in [3.63, 3.8) is 0 Å². The van der Waals surface area contributed by atoms with Crippen LogP contribution in [0.2, 0.25) is 0 Å². The molecule has 0 bridgehead atoms. The Hall–Kier alpha value is -0.770. The van der Waals surface area contributed by atoms with E-state index in [0.29, 0.717) is 12.0 Å². The summed E-state index contributed by atoms with van der Waals surface area (Å²) in [7, 11) is 0. The first-order chi connectivity index (χ1) is 9.74. The van der Waals surface area contributed by atoms with Gasteiger partial charge in [-0.1, -0.05) is 46.3 Å². The predicted molar refractivity (Wildman–Crippen MR) is 90.5 cm³/mol. The molecule has 0 aromatic heterocycles. The summed E-state index contributed by atoms with van der Waals surface area (Å²) in [6.45, 7) is 3.27. The summed E-state index contributed by atoms with van der Waals surface area (Å²) in [5.41, 5.74) is 2.84. The minimum Gasteiger partial charge on any atom is -0.310 e. The number of nitrogens with one attached hydrogen (secondary N) is 1. The van der Waals surface area contributed by atoms with E-state index in [2.05, 4.69) is 76.7 Å². The largest absolute Gasteiger partial charge is 0.310 e. The van der Waals surface area contributed by atoms with Crippen molar-refractivity contribution in [2.24, 2.45) is 0 Å². The second-order valence-corrected chi connectivity index (χ2v) is 7.21. The van der Waals surface area contributed by atoms with Gasteiger partial charge in [0.1, 0.15) is 0 Å². The maximum Gasteiger partial charge on any atom is 0.0292 e. The molecule has 1 aliphatic heterocycles. The molecular formula is C17H18BrNS. The van der Waals surface area contributed by atoms with Gasteiger partial charge in [0.2, 0.25) is 0 Å². The minimum absolute atomic E-state index is 0.380. The Balaban J connectivity index is 1.63. The first kappa shape index (κ1) is 14.2. The molecule has 0 radical (unpaired) electrons. The fourth-order valence-corrected chi connectivity index (χ4v) is 4.28. The fraction of sp³-hybridized carbons (Fsp3) is 0.294. The summed E-state index contributed by atoms with van der Waals surface area (Å²) in [6, 6.07) is 17.7. The highest BCUT2D eigenvalue weighted by atomic mass is 79.9. The van der Waals surface area contributed by atoms with E-state index in [-0.39, 0.29) is 0 Å². The monoisotopic (exact) mass is 347 g/mol. The summed E-state index contributed by atoms with van der Waals surface area (Å²) in [5.74, 6) is 1.82. The molecule has 0 saturated heterocycles. The highest BCUT2D eigenvalue weighted by Crippen LogP contribution is 2.39. The van der Waals surface area contributed by atoms with Gasteiger partial charge in [0, 0.05) is 33.6 Å². The molecule has 2 unspecified atom stereocenters. The molecule has 2 aromatic rings. The number of halogens is 1. The van der Waals surface area contributed by atoms with Crippen molar-refractivity contribution in [3.05, 3.63) is 64.1 Å². The van der Waals surface area contributed by atoms with Gasteiger partial charge in [0.15, 0.2) is 0 Å². The molecule has 104 valence electrons. The summed E-state index contributed by atoms with van der Waals surface area (Å²) >= 11 is 5.52. The molecule has 0 fully saturated rings. The number of benzene rings is 2. The molecular weight excluding hydrogens is 330 g/mol. The van der Waals surface area contributed by atoms with Crippen LogP contribution in [-0.2, 0) is 0 Å². The Morgan fingerprint density at radius 3 is 2.95 bits per heavy atom. The van der Waals surface area contributed by atoms with E-state index >= 15 is 0 Å². The van der Waals surface area contributed by atoms with Gasteiger partial charge in [-0.25, -0.2) is 0 Å². The molecule has 2 atom stereocenters. The lowest BCUT2D eigenvalue weighted by Gasteiger charge is -2.18. The van der Waals surface area contributed by atoms with Crippen molar-refractivity contribution >= 4 is 27.7 Å². The Morgan fingerprint density at radius 1 is 1.25 bits per heavy atom. The van der Waals surface area contributed by atoms with Gasteiger partial charge in [-0.15, -0.1) is 11.8 Å². The van der Waals surface area contributed by atoms with Crippen LogP contribution in [0.25, 0.3) is 0 Å². The Bertz CT molecular complexity index is 599. The maximum absolute atomic E-state index is 3.67. The fourth-order valence-electron chi connectivity index (χ4n) is 2.61. The van der Waals surface area contributed by atoms with Crippen LogP contribution < -0.4 is 5.32 Å². The SMILES string of the molecule is CC(NCC1CSc2ccccc21)c1cccc(Br)c1. The second-order valence-electron chi connectivity index (χ2n) is 5.23. The smallest absolute Gasteiger partial charge is 0.0292 e. The van der Waals surface area contributed by atoms with Gasteiger partial charge in [0.05, 0.1) is 0 Å². The summed E-state index contributed by atoms with van der Waals surface area (Å²) in [6.07, 6.45) is 0. The first-order valence-corrected chi connectivity index (χ1v) is 8.72. The lowest BCUT2D eigenvalue weighted by molar-refractivity contribution is 0.541. The molecule has 1 aliphatic rings. The topological polar surface area (TPSA) is 12.0 Å². The first-order valence-electron chi connectivity index (χ1n) is 6.94. The molecule has 1 N–H and O–H groups in total. The van der Waals surface area contributed by atoms with Crippen molar-refractivity contribution in [1.82, 2.24) is 5.32 Å². The molecule has 3 heteroatoms. The van der Waals surface area contributed by atoms with E-state index in [9.17, 15) is 0 Å². The zero-order valence-corrected chi connectivity index (χ0v) is 13.9. The highest BCUT2D eigenvalue weighted by molar-refractivity contribution is 9.10. The van der Waals surface area contributed by atoms with E-state index < -0.39 is 0 Å². The lowest BCUT2D eigenvalue weighted by atomic mass is 10.0. The van der Waals surface area contributed by atoms with Crippen molar-refractivity contribution in [2.45, 2.75) is 23.8 Å². The van der Waals surface area contributed by atoms with Gasteiger partial charge in [0.25, 0.3) is 0 Å². The number of hydrogen-bond acceptors (Lipinski definition) is 2. The van der Waals surface area contributed by atoms with Crippen LogP contribution in [-0.4, -0.2) is 12.3 Å². The molecule has 0 amide bonds. The highest BCUT2D eigenvalue weighted by Gasteiger charge is 2.22. The number of rotatable bonds is 4. The van der Waals surface area contributed by atoms with Crippen molar-refractivity contribution in [2.75, 3.05) is 12.3 Å².